The van der Waals surface area contributed by atoms with Gasteiger partial charge in [-0.05, 0) is 31.4 Å². The number of nitrogens with one attached hydrogen (secondary N) is 1. The Morgan fingerprint density at radius 1 is 1.38 bits per heavy atom. The van der Waals surface area contributed by atoms with Gasteiger partial charge in [0.05, 0.1) is 12.7 Å². The molecule has 3 heteroatoms. The smallest absolute Gasteiger partial charge is 0.0528 e. The molecule has 3 nitrogen and oxygen atoms in total. The number of hydrogen-bond acceptors (Lipinski definition) is 3. The van der Waals surface area contributed by atoms with Crippen molar-refractivity contribution in [2.24, 2.45) is 0 Å². The highest BCUT2D eigenvalue weighted by atomic mass is 16.5. The molecule has 0 aliphatic heterocycles. The summed E-state index contributed by atoms with van der Waals surface area (Å²) in [6.07, 6.45) is 1.42. The molecule has 1 aromatic carbocycles. The van der Waals surface area contributed by atoms with Gasteiger partial charge in [0.2, 0.25) is 0 Å². The molecule has 0 radical (unpaired) electrons. The summed E-state index contributed by atoms with van der Waals surface area (Å²) in [5.41, 5.74) is 2.40. The molecule has 0 amide bonds. The van der Waals surface area contributed by atoms with Crippen molar-refractivity contribution in [2.45, 2.75) is 25.9 Å². The van der Waals surface area contributed by atoms with Crippen LogP contribution in [0.15, 0.2) is 24.3 Å². The van der Waals surface area contributed by atoms with Gasteiger partial charge in [0.25, 0.3) is 0 Å². The van der Waals surface area contributed by atoms with Crippen LogP contribution >= 0.6 is 0 Å². The molecule has 2 N–H and O–H groups in total. The molecule has 1 atom stereocenters. The van der Waals surface area contributed by atoms with Crippen molar-refractivity contribution in [1.29, 1.82) is 0 Å². The van der Waals surface area contributed by atoms with Crippen LogP contribution in [0.25, 0.3) is 0 Å². The number of hydrogen-bond donors (Lipinski definition) is 2. The lowest BCUT2D eigenvalue weighted by Crippen LogP contribution is -2.11. The summed E-state index contributed by atoms with van der Waals surface area (Å²) < 4.78 is 5.08. The summed E-state index contributed by atoms with van der Waals surface area (Å²) in [5, 5.41) is 12.5. The van der Waals surface area contributed by atoms with E-state index in [-0.39, 0.29) is 6.10 Å². The van der Waals surface area contributed by atoms with Crippen LogP contribution in [-0.2, 0) is 11.2 Å². The molecule has 1 aromatic rings. The van der Waals surface area contributed by atoms with Gasteiger partial charge < -0.3 is 15.2 Å². The van der Waals surface area contributed by atoms with E-state index in [1.807, 2.05) is 12.1 Å². The molecule has 0 saturated carbocycles. The van der Waals surface area contributed by atoms with Crippen molar-refractivity contribution >= 4 is 5.69 Å². The second-order valence-corrected chi connectivity index (χ2v) is 3.96. The molecular formula is C13H21NO2. The van der Waals surface area contributed by atoms with Gasteiger partial charge in [-0.25, -0.2) is 0 Å². The quantitative estimate of drug-likeness (QED) is 0.743. The molecule has 0 heterocycles. The largest absolute Gasteiger partial charge is 0.393 e. The maximum Gasteiger partial charge on any atom is 0.0528 e. The van der Waals surface area contributed by atoms with Crippen LogP contribution in [0.1, 0.15) is 18.9 Å². The first kappa shape index (κ1) is 13.0. The summed E-state index contributed by atoms with van der Waals surface area (Å²) in [6, 6.07) is 8.21. The van der Waals surface area contributed by atoms with Gasteiger partial charge in [0, 0.05) is 19.3 Å². The first-order valence-corrected chi connectivity index (χ1v) is 5.73. The van der Waals surface area contributed by atoms with Crippen molar-refractivity contribution in [2.75, 3.05) is 25.6 Å². The fourth-order valence-electron chi connectivity index (χ4n) is 1.54. The zero-order valence-electron chi connectivity index (χ0n) is 10.1. The third-order valence-corrected chi connectivity index (χ3v) is 2.47. The second kappa shape index (κ2) is 7.25. The molecular weight excluding hydrogens is 202 g/mol. The predicted octanol–water partition coefficient (Wildman–Crippen LogP) is 2.06. The van der Waals surface area contributed by atoms with E-state index in [1.54, 1.807) is 14.0 Å². The van der Waals surface area contributed by atoms with E-state index in [0.717, 1.165) is 31.7 Å². The molecule has 1 unspecified atom stereocenters. The fourth-order valence-corrected chi connectivity index (χ4v) is 1.54. The van der Waals surface area contributed by atoms with Crippen LogP contribution in [0.4, 0.5) is 5.69 Å². The van der Waals surface area contributed by atoms with E-state index in [4.69, 9.17) is 4.74 Å². The number of aliphatic hydroxyl groups excluding tert-OH is 1. The summed E-state index contributed by atoms with van der Waals surface area (Å²) in [6.45, 7) is 3.33. The van der Waals surface area contributed by atoms with Crippen molar-refractivity contribution in [3.63, 3.8) is 0 Å². The summed E-state index contributed by atoms with van der Waals surface area (Å²) in [7, 11) is 1.71. The Balaban J connectivity index is 2.49. The lowest BCUT2D eigenvalue weighted by atomic mass is 10.1. The molecule has 0 bridgehead atoms. The van der Waals surface area contributed by atoms with Crippen molar-refractivity contribution < 1.29 is 9.84 Å². The third-order valence-electron chi connectivity index (χ3n) is 2.47. The van der Waals surface area contributed by atoms with E-state index < -0.39 is 0 Å². The normalized spacial score (nSPS) is 12.4. The number of ether oxygens (including phenoxy) is 1. The minimum Gasteiger partial charge on any atom is -0.393 e. The maximum absolute atomic E-state index is 9.18. The lowest BCUT2D eigenvalue weighted by Gasteiger charge is -2.12. The van der Waals surface area contributed by atoms with E-state index in [2.05, 4.69) is 17.4 Å². The molecule has 0 aromatic heterocycles. The summed E-state index contributed by atoms with van der Waals surface area (Å²) in [4.78, 5) is 0. The van der Waals surface area contributed by atoms with Crippen molar-refractivity contribution in [1.82, 2.24) is 0 Å². The Morgan fingerprint density at radius 2 is 2.12 bits per heavy atom. The van der Waals surface area contributed by atoms with Crippen LogP contribution in [0.2, 0.25) is 0 Å². The molecule has 0 aliphatic carbocycles. The molecule has 0 aliphatic rings. The third kappa shape index (κ3) is 4.64. The van der Waals surface area contributed by atoms with Gasteiger partial charge in [-0.2, -0.15) is 0 Å². The zero-order valence-corrected chi connectivity index (χ0v) is 10.1. The van der Waals surface area contributed by atoms with Crippen molar-refractivity contribution in [3.05, 3.63) is 29.8 Å². The Kier molecular flexibility index (Phi) is 5.90. The molecule has 0 fully saturated rings. The summed E-state index contributed by atoms with van der Waals surface area (Å²) in [5.74, 6) is 0. The average molecular weight is 223 g/mol. The molecule has 1 rings (SSSR count). The topological polar surface area (TPSA) is 41.5 Å². The van der Waals surface area contributed by atoms with E-state index in [1.165, 1.54) is 5.56 Å². The highest BCUT2D eigenvalue weighted by Gasteiger charge is 2.01. The van der Waals surface area contributed by atoms with Gasteiger partial charge in [-0.15, -0.1) is 0 Å². The van der Waals surface area contributed by atoms with Crippen LogP contribution in [0, 0.1) is 0 Å². The highest BCUT2D eigenvalue weighted by molar-refractivity contribution is 5.51. The Bertz CT molecular complexity index is 300. The highest BCUT2D eigenvalue weighted by Crippen LogP contribution is 2.15. The number of aliphatic hydroxyl groups is 1. The van der Waals surface area contributed by atoms with Crippen LogP contribution in [-0.4, -0.2) is 31.5 Å². The average Bonchev–Trinajstić information content (AvgIpc) is 2.27. The number of methoxy groups -OCH3 is 1. The first-order chi connectivity index (χ1) is 7.74. The number of rotatable bonds is 7. The minimum absolute atomic E-state index is 0.251. The monoisotopic (exact) mass is 223 g/mol. The van der Waals surface area contributed by atoms with E-state index >= 15 is 0 Å². The number of benzene rings is 1. The van der Waals surface area contributed by atoms with Gasteiger partial charge in [-0.1, -0.05) is 18.2 Å². The first-order valence-electron chi connectivity index (χ1n) is 5.73. The summed E-state index contributed by atoms with van der Waals surface area (Å²) >= 11 is 0. The number of anilines is 1. The van der Waals surface area contributed by atoms with Crippen LogP contribution < -0.4 is 5.32 Å². The Morgan fingerprint density at radius 3 is 2.81 bits per heavy atom. The Hall–Kier alpha value is -1.06. The standard InChI is InChI=1S/C13H21NO2/c1-11(15)7-9-14-13-6-4-3-5-12(13)8-10-16-2/h3-6,11,14-15H,7-10H2,1-2H3. The van der Waals surface area contributed by atoms with Gasteiger partial charge in [-0.3, -0.25) is 0 Å². The van der Waals surface area contributed by atoms with Crippen LogP contribution in [0.3, 0.4) is 0 Å². The second-order valence-electron chi connectivity index (χ2n) is 3.96. The zero-order chi connectivity index (χ0) is 11.8. The maximum atomic E-state index is 9.18. The van der Waals surface area contributed by atoms with E-state index in [9.17, 15) is 5.11 Å². The fraction of sp³-hybridized carbons (Fsp3) is 0.538. The minimum atomic E-state index is -0.251. The molecule has 0 saturated heterocycles. The molecule has 90 valence electrons. The lowest BCUT2D eigenvalue weighted by molar-refractivity contribution is 0.188. The SMILES string of the molecule is COCCc1ccccc1NCCC(C)O. The Labute approximate surface area is 97.4 Å². The van der Waals surface area contributed by atoms with Gasteiger partial charge >= 0.3 is 0 Å². The number of para-hydroxylation sites is 1. The predicted molar refractivity (Wildman–Crippen MR) is 66.8 cm³/mol. The molecule has 16 heavy (non-hydrogen) atoms. The van der Waals surface area contributed by atoms with E-state index in [0.29, 0.717) is 0 Å². The van der Waals surface area contributed by atoms with Gasteiger partial charge in [0.15, 0.2) is 0 Å². The van der Waals surface area contributed by atoms with Gasteiger partial charge in [0.1, 0.15) is 0 Å². The van der Waals surface area contributed by atoms with Crippen LogP contribution in [0.5, 0.6) is 0 Å². The van der Waals surface area contributed by atoms with Crippen molar-refractivity contribution in [3.8, 4) is 0 Å². The molecule has 0 spiro atoms.